The fourth-order valence-corrected chi connectivity index (χ4v) is 3.35. The highest BCUT2D eigenvalue weighted by molar-refractivity contribution is 5.19. The van der Waals surface area contributed by atoms with Gasteiger partial charge in [-0.05, 0) is 45.3 Å². The summed E-state index contributed by atoms with van der Waals surface area (Å²) >= 11 is 0. The molecule has 0 saturated heterocycles. The van der Waals surface area contributed by atoms with Gasteiger partial charge in [0.1, 0.15) is 0 Å². The molecule has 1 aliphatic rings. The number of benzene rings is 1. The van der Waals surface area contributed by atoms with Crippen molar-refractivity contribution in [2.45, 2.75) is 63.5 Å². The highest BCUT2D eigenvalue weighted by Gasteiger charge is 2.39. The van der Waals surface area contributed by atoms with Crippen LogP contribution in [0.3, 0.4) is 0 Å². The third-order valence-electron chi connectivity index (χ3n) is 5.21. The molecule has 0 amide bonds. The number of likely N-dealkylation sites (N-methyl/N-ethyl adjacent to an activating group) is 1. The van der Waals surface area contributed by atoms with E-state index in [9.17, 15) is 0 Å². The monoisotopic (exact) mass is 288 g/mol. The van der Waals surface area contributed by atoms with Gasteiger partial charge in [-0.2, -0.15) is 0 Å². The molecule has 1 aromatic carbocycles. The Bertz CT molecular complexity index is 395. The standard InChI is InChI=1S/C19H32N2/c1-4-5-7-13-18(17-11-8-6-9-12-17)20-16-19(21(2)3)14-10-15-19/h6,8-9,11-12,18,20H,4-5,7,10,13-16H2,1-3H3. The van der Waals surface area contributed by atoms with Gasteiger partial charge in [0.25, 0.3) is 0 Å². The lowest BCUT2D eigenvalue weighted by Gasteiger charge is -2.48. The Hall–Kier alpha value is -0.860. The van der Waals surface area contributed by atoms with Crippen molar-refractivity contribution in [2.24, 2.45) is 0 Å². The van der Waals surface area contributed by atoms with E-state index in [1.807, 2.05) is 0 Å². The topological polar surface area (TPSA) is 15.3 Å². The van der Waals surface area contributed by atoms with Gasteiger partial charge in [-0.1, -0.05) is 56.5 Å². The molecule has 2 rings (SSSR count). The Morgan fingerprint density at radius 2 is 1.86 bits per heavy atom. The van der Waals surface area contributed by atoms with Gasteiger partial charge < -0.3 is 10.2 Å². The fourth-order valence-electron chi connectivity index (χ4n) is 3.35. The molecule has 0 bridgehead atoms. The Kier molecular flexibility index (Phi) is 6.25. The molecular formula is C19H32N2. The summed E-state index contributed by atoms with van der Waals surface area (Å²) in [5, 5.41) is 3.88. The normalized spacial score (nSPS) is 18.5. The summed E-state index contributed by atoms with van der Waals surface area (Å²) in [6.45, 7) is 3.39. The van der Waals surface area contributed by atoms with Gasteiger partial charge in [0.2, 0.25) is 0 Å². The first-order valence-electron chi connectivity index (χ1n) is 8.64. The summed E-state index contributed by atoms with van der Waals surface area (Å²) in [5.41, 5.74) is 1.85. The van der Waals surface area contributed by atoms with Crippen molar-refractivity contribution in [3.8, 4) is 0 Å². The van der Waals surface area contributed by atoms with Crippen molar-refractivity contribution in [3.63, 3.8) is 0 Å². The molecule has 1 N–H and O–H groups in total. The van der Waals surface area contributed by atoms with Gasteiger partial charge in [-0.3, -0.25) is 0 Å². The summed E-state index contributed by atoms with van der Waals surface area (Å²) in [7, 11) is 4.46. The molecule has 0 heterocycles. The maximum atomic E-state index is 3.88. The van der Waals surface area contributed by atoms with Crippen LogP contribution in [-0.4, -0.2) is 31.1 Å². The summed E-state index contributed by atoms with van der Waals surface area (Å²) in [6.07, 6.45) is 9.25. The maximum Gasteiger partial charge on any atom is 0.0328 e. The lowest BCUT2D eigenvalue weighted by molar-refractivity contribution is 0.0566. The molecule has 0 radical (unpaired) electrons. The first-order valence-corrected chi connectivity index (χ1v) is 8.64. The van der Waals surface area contributed by atoms with Crippen LogP contribution in [0, 0.1) is 0 Å². The maximum absolute atomic E-state index is 3.88. The Morgan fingerprint density at radius 3 is 2.38 bits per heavy atom. The Morgan fingerprint density at radius 1 is 1.14 bits per heavy atom. The smallest absolute Gasteiger partial charge is 0.0328 e. The lowest BCUT2D eigenvalue weighted by atomic mass is 9.75. The predicted octanol–water partition coefficient (Wildman–Crippen LogP) is 4.38. The van der Waals surface area contributed by atoms with Crippen molar-refractivity contribution < 1.29 is 0 Å². The van der Waals surface area contributed by atoms with Crippen molar-refractivity contribution in [2.75, 3.05) is 20.6 Å². The summed E-state index contributed by atoms with van der Waals surface area (Å²) in [4.78, 5) is 2.43. The minimum Gasteiger partial charge on any atom is -0.308 e. The Labute approximate surface area is 130 Å². The highest BCUT2D eigenvalue weighted by atomic mass is 15.2. The number of nitrogens with zero attached hydrogens (tertiary/aromatic N) is 1. The second kappa shape index (κ2) is 7.95. The molecule has 0 aromatic heterocycles. The number of unbranched alkanes of at least 4 members (excludes halogenated alkanes) is 2. The second-order valence-electron chi connectivity index (χ2n) is 6.81. The highest BCUT2D eigenvalue weighted by Crippen LogP contribution is 2.36. The van der Waals surface area contributed by atoms with Gasteiger partial charge in [-0.25, -0.2) is 0 Å². The first kappa shape index (κ1) is 16.5. The molecule has 2 heteroatoms. The lowest BCUT2D eigenvalue weighted by Crippen LogP contribution is -2.56. The van der Waals surface area contributed by atoms with E-state index in [0.717, 1.165) is 6.54 Å². The van der Waals surface area contributed by atoms with E-state index in [2.05, 4.69) is 61.6 Å². The molecule has 1 aliphatic carbocycles. The van der Waals surface area contributed by atoms with E-state index in [1.54, 1.807) is 0 Å². The first-order chi connectivity index (χ1) is 10.2. The van der Waals surface area contributed by atoms with E-state index in [0.29, 0.717) is 11.6 Å². The van der Waals surface area contributed by atoms with Gasteiger partial charge in [0.05, 0.1) is 0 Å². The van der Waals surface area contributed by atoms with Gasteiger partial charge in [0.15, 0.2) is 0 Å². The third-order valence-corrected chi connectivity index (χ3v) is 5.21. The second-order valence-corrected chi connectivity index (χ2v) is 6.81. The molecule has 0 spiro atoms. The molecule has 1 saturated carbocycles. The van der Waals surface area contributed by atoms with E-state index >= 15 is 0 Å². The third kappa shape index (κ3) is 4.31. The fraction of sp³-hybridized carbons (Fsp3) is 0.684. The van der Waals surface area contributed by atoms with Crippen molar-refractivity contribution in [1.29, 1.82) is 0 Å². The molecule has 1 unspecified atom stereocenters. The van der Waals surface area contributed by atoms with Crippen LogP contribution in [0.25, 0.3) is 0 Å². The summed E-state index contributed by atoms with van der Waals surface area (Å²) in [6, 6.07) is 11.5. The average molecular weight is 288 g/mol. The van der Waals surface area contributed by atoms with Crippen LogP contribution in [0.1, 0.15) is 63.5 Å². The van der Waals surface area contributed by atoms with Crippen LogP contribution < -0.4 is 5.32 Å². The van der Waals surface area contributed by atoms with Crippen LogP contribution in [0.15, 0.2) is 30.3 Å². The molecule has 1 atom stereocenters. The van der Waals surface area contributed by atoms with Gasteiger partial charge >= 0.3 is 0 Å². The predicted molar refractivity (Wildman–Crippen MR) is 91.6 cm³/mol. The molecule has 1 fully saturated rings. The average Bonchev–Trinajstić information content (AvgIpc) is 2.45. The Balaban J connectivity index is 1.95. The zero-order chi connectivity index (χ0) is 15.1. The molecular weight excluding hydrogens is 256 g/mol. The van der Waals surface area contributed by atoms with Crippen molar-refractivity contribution in [1.82, 2.24) is 10.2 Å². The van der Waals surface area contributed by atoms with Crippen molar-refractivity contribution in [3.05, 3.63) is 35.9 Å². The molecule has 21 heavy (non-hydrogen) atoms. The van der Waals surface area contributed by atoms with E-state index in [4.69, 9.17) is 0 Å². The molecule has 118 valence electrons. The van der Waals surface area contributed by atoms with Gasteiger partial charge in [-0.15, -0.1) is 0 Å². The molecule has 1 aromatic rings. The minimum absolute atomic E-state index is 0.401. The van der Waals surface area contributed by atoms with Crippen LogP contribution in [0.4, 0.5) is 0 Å². The SMILES string of the molecule is CCCCCC(NCC1(N(C)C)CCC1)c1ccccc1. The number of hydrogen-bond donors (Lipinski definition) is 1. The van der Waals surface area contributed by atoms with Crippen LogP contribution >= 0.6 is 0 Å². The van der Waals surface area contributed by atoms with E-state index < -0.39 is 0 Å². The number of hydrogen-bond acceptors (Lipinski definition) is 2. The van der Waals surface area contributed by atoms with E-state index in [-0.39, 0.29) is 0 Å². The largest absolute Gasteiger partial charge is 0.308 e. The number of nitrogens with one attached hydrogen (secondary N) is 1. The molecule has 2 nitrogen and oxygen atoms in total. The van der Waals surface area contributed by atoms with Gasteiger partial charge in [0, 0.05) is 18.1 Å². The zero-order valence-corrected chi connectivity index (χ0v) is 14.1. The van der Waals surface area contributed by atoms with Crippen molar-refractivity contribution >= 4 is 0 Å². The minimum atomic E-state index is 0.401. The van der Waals surface area contributed by atoms with Crippen LogP contribution in [0.2, 0.25) is 0 Å². The molecule has 0 aliphatic heterocycles. The summed E-state index contributed by atoms with van der Waals surface area (Å²) < 4.78 is 0. The number of rotatable bonds is 9. The van der Waals surface area contributed by atoms with Crippen LogP contribution in [-0.2, 0) is 0 Å². The zero-order valence-electron chi connectivity index (χ0n) is 14.1. The van der Waals surface area contributed by atoms with Crippen LogP contribution in [0.5, 0.6) is 0 Å². The summed E-state index contributed by atoms with van der Waals surface area (Å²) in [5.74, 6) is 0. The van der Waals surface area contributed by atoms with E-state index in [1.165, 1.54) is 50.5 Å². The quantitative estimate of drug-likeness (QED) is 0.678.